The molecule has 27 heavy (non-hydrogen) atoms. The summed E-state index contributed by atoms with van der Waals surface area (Å²) in [4.78, 5) is 20.1. The van der Waals surface area contributed by atoms with Crippen LogP contribution in [0.15, 0.2) is 48.0 Å². The number of pyridine rings is 1. The highest BCUT2D eigenvalue weighted by Gasteiger charge is 2.30. The number of carbonyl (C=O) groups is 1. The fourth-order valence-corrected chi connectivity index (χ4v) is 3.04. The molecule has 0 radical (unpaired) electrons. The molecule has 1 aromatic carbocycles. The molecule has 2 aromatic heterocycles. The monoisotopic (exact) mass is 393 g/mol. The summed E-state index contributed by atoms with van der Waals surface area (Å²) in [5.41, 5.74) is 0.322. The van der Waals surface area contributed by atoms with Crippen molar-refractivity contribution in [3.8, 4) is 5.75 Å². The number of amides is 1. The summed E-state index contributed by atoms with van der Waals surface area (Å²) in [6.07, 6.45) is -3.24. The van der Waals surface area contributed by atoms with E-state index in [2.05, 4.69) is 15.3 Å². The van der Waals surface area contributed by atoms with Crippen molar-refractivity contribution in [3.05, 3.63) is 69.8 Å². The number of halogens is 3. The van der Waals surface area contributed by atoms with Crippen LogP contribution in [0.25, 0.3) is 0 Å². The highest BCUT2D eigenvalue weighted by atomic mass is 32.1. The van der Waals surface area contributed by atoms with Gasteiger partial charge in [-0.3, -0.25) is 4.79 Å². The number of benzene rings is 1. The summed E-state index contributed by atoms with van der Waals surface area (Å²) in [6, 6.07) is 9.46. The summed E-state index contributed by atoms with van der Waals surface area (Å²) >= 11 is 1.33. The van der Waals surface area contributed by atoms with Crippen LogP contribution >= 0.6 is 11.3 Å². The molecule has 0 saturated carbocycles. The maximum Gasteiger partial charge on any atom is 0.417 e. The van der Waals surface area contributed by atoms with Gasteiger partial charge in [0, 0.05) is 18.0 Å². The van der Waals surface area contributed by atoms with Gasteiger partial charge in [0.1, 0.15) is 17.3 Å². The molecule has 0 aliphatic carbocycles. The first-order chi connectivity index (χ1) is 12.8. The number of nitrogens with one attached hydrogen (secondary N) is 1. The van der Waals surface area contributed by atoms with Gasteiger partial charge in [-0.25, -0.2) is 9.97 Å². The highest BCUT2D eigenvalue weighted by molar-refractivity contribution is 7.09. The zero-order valence-electron chi connectivity index (χ0n) is 14.1. The minimum Gasteiger partial charge on any atom is -0.497 e. The Morgan fingerprint density at radius 2 is 1.93 bits per heavy atom. The van der Waals surface area contributed by atoms with Crippen LogP contribution in [0.1, 0.15) is 26.6 Å². The minimum atomic E-state index is -4.47. The van der Waals surface area contributed by atoms with Crippen LogP contribution in [0.2, 0.25) is 0 Å². The lowest BCUT2D eigenvalue weighted by molar-refractivity contribution is -0.137. The van der Waals surface area contributed by atoms with Crippen LogP contribution in [-0.4, -0.2) is 23.0 Å². The third-order valence-electron chi connectivity index (χ3n) is 3.63. The molecule has 0 unspecified atom stereocenters. The number of methoxy groups -OCH3 is 1. The van der Waals surface area contributed by atoms with Gasteiger partial charge in [-0.1, -0.05) is 12.1 Å². The third-order valence-corrected chi connectivity index (χ3v) is 4.48. The van der Waals surface area contributed by atoms with Crippen molar-refractivity contribution >= 4 is 23.1 Å². The van der Waals surface area contributed by atoms with Crippen molar-refractivity contribution in [1.82, 2.24) is 9.97 Å². The first-order valence-electron chi connectivity index (χ1n) is 7.77. The number of nitrogens with zero attached hydrogens (tertiary/aromatic N) is 2. The number of aromatic nitrogens is 2. The van der Waals surface area contributed by atoms with Crippen molar-refractivity contribution < 1.29 is 22.7 Å². The average Bonchev–Trinajstić information content (AvgIpc) is 3.11. The van der Waals surface area contributed by atoms with E-state index in [0.717, 1.165) is 28.5 Å². The normalized spacial score (nSPS) is 11.3. The largest absolute Gasteiger partial charge is 0.497 e. The average molecular weight is 393 g/mol. The van der Waals surface area contributed by atoms with E-state index < -0.39 is 17.6 Å². The Bertz CT molecular complexity index is 922. The van der Waals surface area contributed by atoms with Gasteiger partial charge in [-0.15, -0.1) is 11.3 Å². The maximum absolute atomic E-state index is 12.5. The molecule has 0 bridgehead atoms. The Balaban J connectivity index is 1.64. The lowest BCUT2D eigenvalue weighted by Crippen LogP contribution is -2.14. The summed E-state index contributed by atoms with van der Waals surface area (Å²) in [7, 11) is 1.59. The van der Waals surface area contributed by atoms with Gasteiger partial charge in [0.2, 0.25) is 0 Å². The van der Waals surface area contributed by atoms with Gasteiger partial charge in [-0.05, 0) is 29.8 Å². The molecule has 3 rings (SSSR count). The zero-order chi connectivity index (χ0) is 19.4. The quantitative estimate of drug-likeness (QED) is 0.698. The molecule has 1 N–H and O–H groups in total. The second-order valence-electron chi connectivity index (χ2n) is 5.54. The molecule has 2 heterocycles. The number of carbonyl (C=O) groups excluding carboxylic acids is 1. The molecule has 0 aliphatic heterocycles. The van der Waals surface area contributed by atoms with Crippen molar-refractivity contribution in [2.45, 2.75) is 12.6 Å². The van der Waals surface area contributed by atoms with E-state index in [1.54, 1.807) is 12.5 Å². The van der Waals surface area contributed by atoms with Gasteiger partial charge in [-0.2, -0.15) is 13.2 Å². The smallest absolute Gasteiger partial charge is 0.417 e. The van der Waals surface area contributed by atoms with Gasteiger partial charge >= 0.3 is 6.18 Å². The maximum atomic E-state index is 12.5. The molecular formula is C18H14F3N3O2S. The molecule has 0 atom stereocenters. The molecule has 0 aliphatic rings. The molecule has 1 amide bonds. The minimum absolute atomic E-state index is 0.0257. The van der Waals surface area contributed by atoms with Crippen molar-refractivity contribution in [1.29, 1.82) is 0 Å². The van der Waals surface area contributed by atoms with Crippen LogP contribution in [0, 0.1) is 0 Å². The number of thiazole rings is 1. The Kier molecular flexibility index (Phi) is 5.41. The Labute approximate surface area is 156 Å². The summed E-state index contributed by atoms with van der Waals surface area (Å²) in [6.45, 7) is 0. The number of anilines is 1. The van der Waals surface area contributed by atoms with Crippen molar-refractivity contribution in [3.63, 3.8) is 0 Å². The molecule has 5 nitrogen and oxygen atoms in total. The van der Waals surface area contributed by atoms with E-state index in [0.29, 0.717) is 12.6 Å². The van der Waals surface area contributed by atoms with Gasteiger partial charge in [0.05, 0.1) is 17.7 Å². The molecule has 0 fully saturated rings. The van der Waals surface area contributed by atoms with E-state index in [1.807, 2.05) is 24.3 Å². The molecule has 3 aromatic rings. The molecule has 0 saturated heterocycles. The zero-order valence-corrected chi connectivity index (χ0v) is 14.9. The summed E-state index contributed by atoms with van der Waals surface area (Å²) in [5, 5.41) is 4.78. The van der Waals surface area contributed by atoms with Crippen LogP contribution in [0.5, 0.6) is 5.75 Å². The second kappa shape index (κ2) is 7.75. The lowest BCUT2D eigenvalue weighted by atomic mass is 10.1. The van der Waals surface area contributed by atoms with Crippen molar-refractivity contribution in [2.24, 2.45) is 0 Å². The highest BCUT2D eigenvalue weighted by Crippen LogP contribution is 2.29. The first-order valence-corrected chi connectivity index (χ1v) is 8.65. The van der Waals surface area contributed by atoms with E-state index in [4.69, 9.17) is 4.74 Å². The lowest BCUT2D eigenvalue weighted by Gasteiger charge is -2.07. The van der Waals surface area contributed by atoms with Crippen LogP contribution in [-0.2, 0) is 12.6 Å². The number of hydrogen-bond donors (Lipinski definition) is 1. The summed E-state index contributed by atoms with van der Waals surface area (Å²) < 4.78 is 42.7. The topological polar surface area (TPSA) is 64.1 Å². The molecular weight excluding hydrogens is 379 g/mol. The Morgan fingerprint density at radius 1 is 1.19 bits per heavy atom. The van der Waals surface area contributed by atoms with Gasteiger partial charge in [0.25, 0.3) is 5.91 Å². The fourth-order valence-electron chi connectivity index (χ4n) is 2.23. The molecule has 0 spiro atoms. The second-order valence-corrected chi connectivity index (χ2v) is 6.48. The predicted octanol–water partition coefficient (Wildman–Crippen LogP) is 4.41. The predicted molar refractivity (Wildman–Crippen MR) is 95.1 cm³/mol. The van der Waals surface area contributed by atoms with E-state index in [-0.39, 0.29) is 11.5 Å². The molecule has 140 valence electrons. The fraction of sp³-hybridized carbons (Fsp3) is 0.167. The van der Waals surface area contributed by atoms with E-state index in [9.17, 15) is 18.0 Å². The third kappa shape index (κ3) is 4.82. The summed E-state index contributed by atoms with van der Waals surface area (Å²) in [5.74, 6) is 0.249. The van der Waals surface area contributed by atoms with Crippen molar-refractivity contribution in [2.75, 3.05) is 12.4 Å². The molecule has 9 heteroatoms. The SMILES string of the molecule is COc1ccc(Cc2nc(C(=O)Nc3ccc(C(F)(F)F)cn3)cs2)cc1. The van der Waals surface area contributed by atoms with Gasteiger partial charge < -0.3 is 10.1 Å². The van der Waals surface area contributed by atoms with Crippen LogP contribution in [0.3, 0.4) is 0 Å². The van der Waals surface area contributed by atoms with E-state index in [1.165, 1.54) is 11.3 Å². The first kappa shape index (κ1) is 18.8. The Hall–Kier alpha value is -2.94. The number of ether oxygens (including phenoxy) is 1. The standard InChI is InChI=1S/C18H14F3N3O2S/c1-26-13-5-2-11(3-6-13)8-16-23-14(10-27-16)17(25)24-15-7-4-12(9-22-15)18(19,20)21/h2-7,9-10H,8H2,1H3,(H,22,24,25). The van der Waals surface area contributed by atoms with E-state index >= 15 is 0 Å². The number of rotatable bonds is 5. The number of hydrogen-bond acceptors (Lipinski definition) is 5. The number of alkyl halides is 3. The Morgan fingerprint density at radius 3 is 2.52 bits per heavy atom. The van der Waals surface area contributed by atoms with Gasteiger partial charge in [0.15, 0.2) is 0 Å². The van der Waals surface area contributed by atoms with Crippen LogP contribution < -0.4 is 10.1 Å². The van der Waals surface area contributed by atoms with Crippen LogP contribution in [0.4, 0.5) is 19.0 Å².